The predicted octanol–water partition coefficient (Wildman–Crippen LogP) is 2.64. The second kappa shape index (κ2) is 5.27. The maximum Gasteiger partial charge on any atom is 0.294 e. The Balaban J connectivity index is 2.23. The van der Waals surface area contributed by atoms with Crippen molar-refractivity contribution in [1.29, 1.82) is 0 Å². The Kier molecular flexibility index (Phi) is 3.70. The van der Waals surface area contributed by atoms with Crippen molar-refractivity contribution >= 4 is 10.1 Å². The molecule has 2 aromatic rings. The second-order valence-electron chi connectivity index (χ2n) is 4.12. The normalized spacial score (nSPS) is 10.6. The highest BCUT2D eigenvalue weighted by Gasteiger charge is 2.07. The average Bonchev–Trinajstić information content (AvgIpc) is 2.37. The molecular weight excluding hydrogens is 260 g/mol. The van der Waals surface area contributed by atoms with Gasteiger partial charge in [-0.1, -0.05) is 29.5 Å². The van der Waals surface area contributed by atoms with E-state index in [1.54, 1.807) is 12.1 Å². The van der Waals surface area contributed by atoms with Crippen LogP contribution in [-0.4, -0.2) is 13.0 Å². The van der Waals surface area contributed by atoms with Crippen LogP contribution in [0, 0.1) is 18.8 Å². The molecule has 96 valence electrons. The van der Waals surface area contributed by atoms with Gasteiger partial charge >= 0.3 is 0 Å². The molecule has 0 aromatic heterocycles. The van der Waals surface area contributed by atoms with Crippen LogP contribution in [0.3, 0.4) is 0 Å². The maximum absolute atomic E-state index is 10.9. The lowest BCUT2D eigenvalue weighted by Crippen LogP contribution is -1.97. The summed E-state index contributed by atoms with van der Waals surface area (Å²) in [6.45, 7) is 2.01. The minimum atomic E-state index is -4.14. The fourth-order valence-electron chi connectivity index (χ4n) is 1.49. The Morgan fingerprint density at radius 2 is 1.26 bits per heavy atom. The predicted molar refractivity (Wildman–Crippen MR) is 73.4 cm³/mol. The van der Waals surface area contributed by atoms with Crippen molar-refractivity contribution in [1.82, 2.24) is 0 Å². The average molecular weight is 272 g/mol. The van der Waals surface area contributed by atoms with Crippen molar-refractivity contribution in [3.8, 4) is 11.8 Å². The molecule has 0 aliphatic rings. The molecular formula is C15H12O3S. The third-order valence-corrected chi connectivity index (χ3v) is 3.42. The molecule has 0 saturated heterocycles. The first-order valence-corrected chi connectivity index (χ1v) is 7.05. The van der Waals surface area contributed by atoms with Crippen molar-refractivity contribution in [2.24, 2.45) is 0 Å². The summed E-state index contributed by atoms with van der Waals surface area (Å²) >= 11 is 0. The zero-order valence-electron chi connectivity index (χ0n) is 10.3. The summed E-state index contributed by atoms with van der Waals surface area (Å²) in [4.78, 5) is -0.131. The van der Waals surface area contributed by atoms with Crippen LogP contribution >= 0.6 is 0 Å². The molecule has 19 heavy (non-hydrogen) atoms. The van der Waals surface area contributed by atoms with E-state index in [2.05, 4.69) is 11.8 Å². The first-order valence-electron chi connectivity index (χ1n) is 5.61. The quantitative estimate of drug-likeness (QED) is 0.641. The fraction of sp³-hybridized carbons (Fsp3) is 0.0667. The van der Waals surface area contributed by atoms with Crippen molar-refractivity contribution in [3.63, 3.8) is 0 Å². The topological polar surface area (TPSA) is 54.4 Å². The van der Waals surface area contributed by atoms with Crippen molar-refractivity contribution in [2.45, 2.75) is 11.8 Å². The highest BCUT2D eigenvalue weighted by atomic mass is 32.2. The first-order chi connectivity index (χ1) is 8.95. The van der Waals surface area contributed by atoms with Gasteiger partial charge in [-0.3, -0.25) is 4.55 Å². The summed E-state index contributed by atoms with van der Waals surface area (Å²) in [6.07, 6.45) is 0. The largest absolute Gasteiger partial charge is 0.294 e. The molecule has 0 saturated carbocycles. The van der Waals surface area contributed by atoms with E-state index >= 15 is 0 Å². The zero-order valence-corrected chi connectivity index (χ0v) is 11.1. The van der Waals surface area contributed by atoms with E-state index in [0.29, 0.717) is 5.56 Å². The Hall–Kier alpha value is -2.09. The van der Waals surface area contributed by atoms with E-state index in [9.17, 15) is 8.42 Å². The fourth-order valence-corrected chi connectivity index (χ4v) is 1.97. The molecule has 4 heteroatoms. The van der Waals surface area contributed by atoms with Gasteiger partial charge in [0.1, 0.15) is 0 Å². The summed E-state index contributed by atoms with van der Waals surface area (Å²) in [5.74, 6) is 5.92. The Morgan fingerprint density at radius 3 is 1.68 bits per heavy atom. The lowest BCUT2D eigenvalue weighted by Gasteiger charge is -1.96. The minimum absolute atomic E-state index is 0.131. The van der Waals surface area contributed by atoms with Crippen LogP contribution in [0.4, 0.5) is 0 Å². The third-order valence-electron chi connectivity index (χ3n) is 2.55. The molecule has 0 spiro atoms. The third kappa shape index (κ3) is 3.68. The highest BCUT2D eigenvalue weighted by molar-refractivity contribution is 7.85. The van der Waals surface area contributed by atoms with Gasteiger partial charge in [-0.05, 0) is 43.3 Å². The highest BCUT2D eigenvalue weighted by Crippen LogP contribution is 2.09. The Bertz CT molecular complexity index is 731. The molecule has 1 N–H and O–H groups in total. The summed E-state index contributed by atoms with van der Waals surface area (Å²) in [6, 6.07) is 13.6. The summed E-state index contributed by atoms with van der Waals surface area (Å²) < 4.78 is 30.6. The molecule has 0 aliphatic heterocycles. The first kappa shape index (κ1) is 13.3. The monoisotopic (exact) mass is 272 g/mol. The van der Waals surface area contributed by atoms with E-state index in [1.807, 2.05) is 31.2 Å². The standard InChI is InChI=1S/C15H12O3S/c1-12-2-4-13(5-3-12)6-7-14-8-10-15(11-9-14)19(16,17)18/h2-5,8-11H,1H3,(H,16,17,18). The van der Waals surface area contributed by atoms with Crippen LogP contribution < -0.4 is 0 Å². The lowest BCUT2D eigenvalue weighted by atomic mass is 10.1. The van der Waals surface area contributed by atoms with E-state index in [4.69, 9.17) is 4.55 Å². The zero-order chi connectivity index (χ0) is 13.9. The molecule has 3 nitrogen and oxygen atoms in total. The van der Waals surface area contributed by atoms with Gasteiger partial charge in [-0.2, -0.15) is 8.42 Å². The van der Waals surface area contributed by atoms with Crippen LogP contribution in [0.1, 0.15) is 16.7 Å². The summed E-state index contributed by atoms with van der Waals surface area (Å²) in [5.41, 5.74) is 2.75. The molecule has 0 bridgehead atoms. The molecule has 0 amide bonds. The number of rotatable bonds is 1. The lowest BCUT2D eigenvalue weighted by molar-refractivity contribution is 0.483. The van der Waals surface area contributed by atoms with Gasteiger partial charge in [-0.25, -0.2) is 0 Å². The van der Waals surface area contributed by atoms with Crippen molar-refractivity contribution in [3.05, 3.63) is 65.2 Å². The van der Waals surface area contributed by atoms with E-state index in [-0.39, 0.29) is 4.90 Å². The smallest absolute Gasteiger partial charge is 0.282 e. The van der Waals surface area contributed by atoms with Gasteiger partial charge in [0, 0.05) is 11.1 Å². The van der Waals surface area contributed by atoms with Gasteiger partial charge in [0.05, 0.1) is 4.90 Å². The van der Waals surface area contributed by atoms with Crippen LogP contribution in [0.15, 0.2) is 53.4 Å². The van der Waals surface area contributed by atoms with Crippen LogP contribution in [0.25, 0.3) is 0 Å². The number of hydrogen-bond donors (Lipinski definition) is 1. The van der Waals surface area contributed by atoms with E-state index in [1.165, 1.54) is 17.7 Å². The molecule has 2 rings (SSSR count). The van der Waals surface area contributed by atoms with Gasteiger partial charge in [0.25, 0.3) is 10.1 Å². The summed E-state index contributed by atoms with van der Waals surface area (Å²) in [5, 5.41) is 0. The van der Waals surface area contributed by atoms with E-state index < -0.39 is 10.1 Å². The molecule has 0 atom stereocenters. The van der Waals surface area contributed by atoms with Crippen molar-refractivity contribution in [2.75, 3.05) is 0 Å². The molecule has 2 aromatic carbocycles. The molecule has 0 unspecified atom stereocenters. The number of aryl methyl sites for hydroxylation is 1. The van der Waals surface area contributed by atoms with Gasteiger partial charge in [0.15, 0.2) is 0 Å². The van der Waals surface area contributed by atoms with Crippen LogP contribution in [0.2, 0.25) is 0 Å². The molecule has 0 radical (unpaired) electrons. The van der Waals surface area contributed by atoms with Crippen LogP contribution in [0.5, 0.6) is 0 Å². The van der Waals surface area contributed by atoms with Gasteiger partial charge in [-0.15, -0.1) is 0 Å². The van der Waals surface area contributed by atoms with E-state index in [0.717, 1.165) is 5.56 Å². The van der Waals surface area contributed by atoms with Gasteiger partial charge in [0.2, 0.25) is 0 Å². The SMILES string of the molecule is Cc1ccc(C#Cc2ccc(S(=O)(=O)O)cc2)cc1. The van der Waals surface area contributed by atoms with Gasteiger partial charge < -0.3 is 0 Å². The summed E-state index contributed by atoms with van der Waals surface area (Å²) in [7, 11) is -4.14. The Morgan fingerprint density at radius 1 is 0.842 bits per heavy atom. The second-order valence-corrected chi connectivity index (χ2v) is 5.54. The Labute approximate surface area is 112 Å². The van der Waals surface area contributed by atoms with Crippen molar-refractivity contribution < 1.29 is 13.0 Å². The molecule has 0 heterocycles. The number of hydrogen-bond acceptors (Lipinski definition) is 2. The minimum Gasteiger partial charge on any atom is -0.282 e. The molecule has 0 fully saturated rings. The molecule has 0 aliphatic carbocycles. The van der Waals surface area contributed by atoms with Crippen LogP contribution in [-0.2, 0) is 10.1 Å². The maximum atomic E-state index is 10.9. The number of benzene rings is 2.